The number of amides is 3. The molecule has 0 radical (unpaired) electrons. The van der Waals surface area contributed by atoms with Gasteiger partial charge in [0.1, 0.15) is 5.82 Å². The number of benzene rings is 1. The van der Waals surface area contributed by atoms with E-state index in [-0.39, 0.29) is 17.9 Å². The van der Waals surface area contributed by atoms with E-state index in [0.29, 0.717) is 24.8 Å². The van der Waals surface area contributed by atoms with Crippen LogP contribution in [0.15, 0.2) is 42.6 Å². The highest BCUT2D eigenvalue weighted by molar-refractivity contribution is 5.89. The Labute approximate surface area is 196 Å². The van der Waals surface area contributed by atoms with Gasteiger partial charge in [-0.3, -0.25) is 4.79 Å². The fraction of sp³-hybridized carbons (Fsp3) is 0.500. The van der Waals surface area contributed by atoms with Crippen LogP contribution < -0.4 is 20.9 Å². The number of carbonyl (C=O) groups is 2. The molecule has 7 heteroatoms. The molecule has 2 aliphatic rings. The van der Waals surface area contributed by atoms with Crippen molar-refractivity contribution < 1.29 is 9.59 Å². The normalized spacial score (nSPS) is 19.1. The number of rotatable bonds is 6. The standard InChI is InChI=1S/C26H35N5O2/c1-19-9-11-20(12-10-19)16-28-26(33)30-23-13-14-24(27-17-23)31-15-5-6-21(18-31)25(32)29-22-7-3-2-4-8-22/h9-14,17,21-22H,2-8,15-16,18H2,1H3,(H,29,32)(H2,28,30,33)/t21-/m1/s1. The lowest BCUT2D eigenvalue weighted by atomic mass is 9.93. The van der Waals surface area contributed by atoms with Gasteiger partial charge < -0.3 is 20.9 Å². The summed E-state index contributed by atoms with van der Waals surface area (Å²) < 4.78 is 0. The first-order valence-corrected chi connectivity index (χ1v) is 12.2. The van der Waals surface area contributed by atoms with Crippen LogP contribution in [0.25, 0.3) is 0 Å². The molecule has 176 valence electrons. The van der Waals surface area contributed by atoms with Gasteiger partial charge in [-0.25, -0.2) is 9.78 Å². The number of hydrogen-bond donors (Lipinski definition) is 3. The summed E-state index contributed by atoms with van der Waals surface area (Å²) in [6, 6.07) is 11.9. The average molecular weight is 450 g/mol. The van der Waals surface area contributed by atoms with E-state index in [1.54, 1.807) is 6.20 Å². The van der Waals surface area contributed by atoms with Crippen molar-refractivity contribution in [2.45, 2.75) is 64.5 Å². The first-order valence-electron chi connectivity index (χ1n) is 12.2. The van der Waals surface area contributed by atoms with E-state index < -0.39 is 0 Å². The predicted molar refractivity (Wildman–Crippen MR) is 131 cm³/mol. The first kappa shape index (κ1) is 23.1. The number of nitrogens with one attached hydrogen (secondary N) is 3. The van der Waals surface area contributed by atoms with Crippen LogP contribution in [-0.4, -0.2) is 36.1 Å². The SMILES string of the molecule is Cc1ccc(CNC(=O)Nc2ccc(N3CCC[C@@H](C(=O)NC4CCCCC4)C3)nc2)cc1. The largest absolute Gasteiger partial charge is 0.356 e. The summed E-state index contributed by atoms with van der Waals surface area (Å²) in [5.41, 5.74) is 2.89. The smallest absolute Gasteiger partial charge is 0.319 e. The molecule has 1 aromatic heterocycles. The van der Waals surface area contributed by atoms with Gasteiger partial charge in [-0.2, -0.15) is 0 Å². The minimum Gasteiger partial charge on any atom is -0.356 e. The van der Waals surface area contributed by atoms with E-state index in [9.17, 15) is 9.59 Å². The second-order valence-electron chi connectivity index (χ2n) is 9.33. The molecule has 7 nitrogen and oxygen atoms in total. The molecule has 1 aliphatic carbocycles. The van der Waals surface area contributed by atoms with Gasteiger partial charge in [-0.1, -0.05) is 49.1 Å². The van der Waals surface area contributed by atoms with Crippen LogP contribution in [0.4, 0.5) is 16.3 Å². The molecule has 2 heterocycles. The Hall–Kier alpha value is -3.09. The summed E-state index contributed by atoms with van der Waals surface area (Å²) in [7, 11) is 0. The van der Waals surface area contributed by atoms with Crippen LogP contribution in [-0.2, 0) is 11.3 Å². The van der Waals surface area contributed by atoms with E-state index in [1.165, 1.54) is 24.8 Å². The Balaban J connectivity index is 1.25. The topological polar surface area (TPSA) is 86.4 Å². The number of piperidine rings is 1. The summed E-state index contributed by atoms with van der Waals surface area (Å²) in [6.07, 6.45) is 9.52. The van der Waals surface area contributed by atoms with Gasteiger partial charge in [-0.15, -0.1) is 0 Å². The highest BCUT2D eigenvalue weighted by Gasteiger charge is 2.28. The number of carbonyl (C=O) groups excluding carboxylic acids is 2. The highest BCUT2D eigenvalue weighted by Crippen LogP contribution is 2.24. The lowest BCUT2D eigenvalue weighted by Crippen LogP contribution is -2.46. The highest BCUT2D eigenvalue weighted by atomic mass is 16.2. The van der Waals surface area contributed by atoms with Gasteiger partial charge >= 0.3 is 6.03 Å². The van der Waals surface area contributed by atoms with Crippen LogP contribution >= 0.6 is 0 Å². The van der Waals surface area contributed by atoms with Gasteiger partial charge in [0.05, 0.1) is 17.8 Å². The van der Waals surface area contributed by atoms with Crippen molar-refractivity contribution in [2.75, 3.05) is 23.3 Å². The average Bonchev–Trinajstić information content (AvgIpc) is 2.85. The maximum atomic E-state index is 12.8. The Morgan fingerprint density at radius 2 is 1.79 bits per heavy atom. The molecular weight excluding hydrogens is 414 g/mol. The van der Waals surface area contributed by atoms with Crippen molar-refractivity contribution in [3.63, 3.8) is 0 Å². The third-order valence-electron chi connectivity index (χ3n) is 6.65. The fourth-order valence-corrected chi connectivity index (χ4v) is 4.68. The molecule has 3 amide bonds. The third kappa shape index (κ3) is 6.70. The number of anilines is 2. The Morgan fingerprint density at radius 3 is 2.52 bits per heavy atom. The molecule has 1 atom stereocenters. The van der Waals surface area contributed by atoms with Crippen LogP contribution in [0.1, 0.15) is 56.1 Å². The monoisotopic (exact) mass is 449 g/mol. The predicted octanol–water partition coefficient (Wildman–Crippen LogP) is 4.38. The quantitative estimate of drug-likeness (QED) is 0.611. The summed E-state index contributed by atoms with van der Waals surface area (Å²) in [5, 5.41) is 8.97. The van der Waals surface area contributed by atoms with Crippen LogP contribution in [0.2, 0.25) is 0 Å². The molecule has 1 aliphatic heterocycles. The third-order valence-corrected chi connectivity index (χ3v) is 6.65. The van der Waals surface area contributed by atoms with Crippen LogP contribution in [0.5, 0.6) is 0 Å². The van der Waals surface area contributed by atoms with E-state index in [4.69, 9.17) is 0 Å². The van der Waals surface area contributed by atoms with Gasteiger partial charge in [-0.05, 0) is 50.3 Å². The van der Waals surface area contributed by atoms with Crippen molar-refractivity contribution >= 4 is 23.4 Å². The molecule has 1 saturated heterocycles. The lowest BCUT2D eigenvalue weighted by Gasteiger charge is -2.34. The number of aromatic nitrogens is 1. The molecule has 4 rings (SSSR count). The zero-order valence-corrected chi connectivity index (χ0v) is 19.5. The second-order valence-corrected chi connectivity index (χ2v) is 9.33. The summed E-state index contributed by atoms with van der Waals surface area (Å²) >= 11 is 0. The second kappa shape index (κ2) is 11.2. The van der Waals surface area contributed by atoms with Gasteiger partial charge in [0.15, 0.2) is 0 Å². The van der Waals surface area contributed by atoms with E-state index in [2.05, 4.69) is 25.8 Å². The van der Waals surface area contributed by atoms with Gasteiger partial charge in [0, 0.05) is 25.7 Å². The van der Waals surface area contributed by atoms with Crippen LogP contribution in [0, 0.1) is 12.8 Å². The number of urea groups is 1. The molecule has 2 aromatic rings. The molecule has 0 unspecified atom stereocenters. The Kier molecular flexibility index (Phi) is 7.81. The number of nitrogens with zero attached hydrogens (tertiary/aromatic N) is 2. The summed E-state index contributed by atoms with van der Waals surface area (Å²) in [5.74, 6) is 1.04. The Morgan fingerprint density at radius 1 is 1.00 bits per heavy atom. The molecular formula is C26H35N5O2. The maximum absolute atomic E-state index is 12.8. The molecule has 1 saturated carbocycles. The van der Waals surface area contributed by atoms with Crippen molar-refractivity contribution in [2.24, 2.45) is 5.92 Å². The lowest BCUT2D eigenvalue weighted by molar-refractivity contribution is -0.126. The Bertz CT molecular complexity index is 923. The van der Waals surface area contributed by atoms with Crippen molar-refractivity contribution in [1.82, 2.24) is 15.6 Å². The number of hydrogen-bond acceptors (Lipinski definition) is 4. The molecule has 1 aromatic carbocycles. The van der Waals surface area contributed by atoms with Crippen LogP contribution in [0.3, 0.4) is 0 Å². The fourth-order valence-electron chi connectivity index (χ4n) is 4.68. The zero-order chi connectivity index (χ0) is 23.0. The van der Waals surface area contributed by atoms with Crippen molar-refractivity contribution in [1.29, 1.82) is 0 Å². The van der Waals surface area contributed by atoms with E-state index in [1.807, 2.05) is 43.3 Å². The van der Waals surface area contributed by atoms with E-state index >= 15 is 0 Å². The minimum absolute atomic E-state index is 0.00725. The van der Waals surface area contributed by atoms with Gasteiger partial charge in [0.2, 0.25) is 5.91 Å². The van der Waals surface area contributed by atoms with Crippen molar-refractivity contribution in [3.8, 4) is 0 Å². The minimum atomic E-state index is -0.262. The molecule has 0 bridgehead atoms. The summed E-state index contributed by atoms with van der Waals surface area (Å²) in [4.78, 5) is 31.7. The maximum Gasteiger partial charge on any atom is 0.319 e. The van der Waals surface area contributed by atoms with Gasteiger partial charge in [0.25, 0.3) is 0 Å². The number of pyridine rings is 1. The molecule has 33 heavy (non-hydrogen) atoms. The van der Waals surface area contributed by atoms with Crippen molar-refractivity contribution in [3.05, 3.63) is 53.7 Å². The summed E-state index contributed by atoms with van der Waals surface area (Å²) in [6.45, 7) is 4.09. The molecule has 2 fully saturated rings. The molecule has 3 N–H and O–H groups in total. The first-order chi connectivity index (χ1) is 16.1. The van der Waals surface area contributed by atoms with E-state index in [0.717, 1.165) is 43.6 Å². The zero-order valence-electron chi connectivity index (χ0n) is 19.5. The number of aryl methyl sites for hydroxylation is 1. The molecule has 0 spiro atoms.